The average Bonchev–Trinajstić information content (AvgIpc) is 2.15. The Kier molecular flexibility index (Phi) is 4.18. The van der Waals surface area contributed by atoms with E-state index in [9.17, 15) is 4.79 Å². The first kappa shape index (κ1) is 10.5. The zero-order valence-corrected chi connectivity index (χ0v) is 8.38. The van der Waals surface area contributed by atoms with Gasteiger partial charge in [0, 0.05) is 26.6 Å². The lowest BCUT2D eigenvalue weighted by atomic mass is 10.2. The first-order valence-corrected chi connectivity index (χ1v) is 4.80. The molecule has 4 heteroatoms. The van der Waals surface area contributed by atoms with E-state index < -0.39 is 0 Å². The maximum Gasteiger partial charge on any atom is 0.216 e. The highest BCUT2D eigenvalue weighted by Crippen LogP contribution is 2.03. The average molecular weight is 186 g/mol. The summed E-state index contributed by atoms with van der Waals surface area (Å²) in [6.07, 6.45) is 0.164. The van der Waals surface area contributed by atoms with E-state index in [1.54, 1.807) is 0 Å². The second-order valence-corrected chi connectivity index (χ2v) is 3.32. The van der Waals surface area contributed by atoms with E-state index in [1.807, 2.05) is 0 Å². The van der Waals surface area contributed by atoms with E-state index in [0.717, 1.165) is 26.2 Å². The molecule has 0 aromatic carbocycles. The monoisotopic (exact) mass is 186 g/mol. The van der Waals surface area contributed by atoms with Gasteiger partial charge < -0.3 is 10.1 Å². The number of hydrogen-bond acceptors (Lipinski definition) is 3. The summed E-state index contributed by atoms with van der Waals surface area (Å²) in [6.45, 7) is 8.06. The third kappa shape index (κ3) is 3.74. The minimum absolute atomic E-state index is 0.0113. The molecule has 0 aromatic heterocycles. The quantitative estimate of drug-likeness (QED) is 0.666. The summed E-state index contributed by atoms with van der Waals surface area (Å²) in [4.78, 5) is 13.0. The molecule has 0 spiro atoms. The molecule has 1 amide bonds. The summed E-state index contributed by atoms with van der Waals surface area (Å²) >= 11 is 0. The van der Waals surface area contributed by atoms with Crippen molar-refractivity contribution in [3.05, 3.63) is 0 Å². The highest BCUT2D eigenvalue weighted by Gasteiger charge is 2.18. The largest absolute Gasteiger partial charge is 0.374 e. The maximum atomic E-state index is 10.7. The lowest BCUT2D eigenvalue weighted by Crippen LogP contribution is -2.47. The Balaban J connectivity index is 2.21. The summed E-state index contributed by atoms with van der Waals surface area (Å²) in [5.74, 6) is 0.0113. The van der Waals surface area contributed by atoms with Gasteiger partial charge >= 0.3 is 0 Å². The third-order valence-corrected chi connectivity index (χ3v) is 2.25. The SMILES string of the molecule is CCN1CCOC(CNC(C)=O)C1. The number of nitrogens with one attached hydrogen (secondary N) is 1. The van der Waals surface area contributed by atoms with Crippen LogP contribution in [-0.2, 0) is 9.53 Å². The van der Waals surface area contributed by atoms with Crippen LogP contribution in [0.25, 0.3) is 0 Å². The Bertz CT molecular complexity index is 173. The van der Waals surface area contributed by atoms with Crippen LogP contribution in [0.4, 0.5) is 0 Å². The zero-order chi connectivity index (χ0) is 9.68. The Labute approximate surface area is 79.2 Å². The van der Waals surface area contributed by atoms with Gasteiger partial charge in [0.2, 0.25) is 5.91 Å². The topological polar surface area (TPSA) is 41.6 Å². The van der Waals surface area contributed by atoms with Crippen LogP contribution in [0, 0.1) is 0 Å². The Morgan fingerprint density at radius 1 is 1.69 bits per heavy atom. The minimum atomic E-state index is 0.0113. The number of hydrogen-bond donors (Lipinski definition) is 1. The number of nitrogens with zero attached hydrogens (tertiary/aromatic N) is 1. The molecule has 1 atom stereocenters. The van der Waals surface area contributed by atoms with E-state index in [2.05, 4.69) is 17.1 Å². The fourth-order valence-corrected chi connectivity index (χ4v) is 1.45. The standard InChI is InChI=1S/C9H18N2O2/c1-3-11-4-5-13-9(7-11)6-10-8(2)12/h9H,3-7H2,1-2H3,(H,10,12). The molecule has 1 heterocycles. The fraction of sp³-hybridized carbons (Fsp3) is 0.889. The number of carbonyl (C=O) groups is 1. The Hall–Kier alpha value is -0.610. The van der Waals surface area contributed by atoms with Crippen molar-refractivity contribution in [2.24, 2.45) is 0 Å². The zero-order valence-electron chi connectivity index (χ0n) is 8.38. The Morgan fingerprint density at radius 3 is 3.08 bits per heavy atom. The van der Waals surface area contributed by atoms with Gasteiger partial charge in [-0.2, -0.15) is 0 Å². The van der Waals surface area contributed by atoms with Crippen LogP contribution in [0.1, 0.15) is 13.8 Å². The number of morpholine rings is 1. The summed E-state index contributed by atoms with van der Waals surface area (Å²) < 4.78 is 5.50. The van der Waals surface area contributed by atoms with E-state index >= 15 is 0 Å². The van der Waals surface area contributed by atoms with Crippen molar-refractivity contribution < 1.29 is 9.53 Å². The van der Waals surface area contributed by atoms with Crippen molar-refractivity contribution in [3.8, 4) is 0 Å². The van der Waals surface area contributed by atoms with Crippen molar-refractivity contribution in [2.75, 3.05) is 32.8 Å². The van der Waals surface area contributed by atoms with Crippen LogP contribution < -0.4 is 5.32 Å². The molecule has 0 aromatic rings. The van der Waals surface area contributed by atoms with Crippen molar-refractivity contribution in [3.63, 3.8) is 0 Å². The lowest BCUT2D eigenvalue weighted by molar-refractivity contribution is -0.120. The molecule has 13 heavy (non-hydrogen) atoms. The summed E-state index contributed by atoms with van der Waals surface area (Å²) in [5, 5.41) is 2.77. The highest BCUT2D eigenvalue weighted by molar-refractivity contribution is 5.72. The molecular formula is C9H18N2O2. The van der Waals surface area contributed by atoms with E-state index in [4.69, 9.17) is 4.74 Å². The molecule has 0 aliphatic carbocycles. The molecule has 0 saturated carbocycles. The van der Waals surface area contributed by atoms with Gasteiger partial charge in [0.15, 0.2) is 0 Å². The number of amides is 1. The van der Waals surface area contributed by atoms with Crippen LogP contribution in [0.3, 0.4) is 0 Å². The van der Waals surface area contributed by atoms with Gasteiger partial charge in [-0.05, 0) is 6.54 Å². The molecule has 0 radical (unpaired) electrons. The maximum absolute atomic E-state index is 10.7. The van der Waals surface area contributed by atoms with Crippen LogP contribution in [0.2, 0.25) is 0 Å². The van der Waals surface area contributed by atoms with Gasteiger partial charge in [-0.3, -0.25) is 9.69 Å². The van der Waals surface area contributed by atoms with Gasteiger partial charge in [-0.15, -0.1) is 0 Å². The number of carbonyl (C=O) groups excluding carboxylic acids is 1. The number of rotatable bonds is 3. The second-order valence-electron chi connectivity index (χ2n) is 3.32. The first-order chi connectivity index (χ1) is 6.22. The van der Waals surface area contributed by atoms with Crippen LogP contribution in [0.5, 0.6) is 0 Å². The number of ether oxygens (including phenoxy) is 1. The number of likely N-dealkylation sites (N-methyl/N-ethyl adjacent to an activating group) is 1. The predicted molar refractivity (Wildman–Crippen MR) is 50.5 cm³/mol. The molecule has 0 bridgehead atoms. The molecule has 1 rings (SSSR count). The van der Waals surface area contributed by atoms with Crippen LogP contribution in [-0.4, -0.2) is 49.7 Å². The molecule has 1 N–H and O–H groups in total. The van der Waals surface area contributed by atoms with E-state index in [1.165, 1.54) is 6.92 Å². The van der Waals surface area contributed by atoms with Gasteiger partial charge in [-0.1, -0.05) is 6.92 Å². The van der Waals surface area contributed by atoms with Crippen molar-refractivity contribution in [1.82, 2.24) is 10.2 Å². The first-order valence-electron chi connectivity index (χ1n) is 4.80. The van der Waals surface area contributed by atoms with Crippen LogP contribution >= 0.6 is 0 Å². The van der Waals surface area contributed by atoms with Crippen molar-refractivity contribution in [2.45, 2.75) is 20.0 Å². The minimum Gasteiger partial charge on any atom is -0.374 e. The fourth-order valence-electron chi connectivity index (χ4n) is 1.45. The normalized spacial score (nSPS) is 24.3. The van der Waals surface area contributed by atoms with Gasteiger partial charge in [0.1, 0.15) is 0 Å². The molecule has 1 saturated heterocycles. The highest BCUT2D eigenvalue weighted by atomic mass is 16.5. The molecule has 1 fully saturated rings. The molecule has 76 valence electrons. The van der Waals surface area contributed by atoms with Crippen LogP contribution in [0.15, 0.2) is 0 Å². The molecular weight excluding hydrogens is 168 g/mol. The van der Waals surface area contributed by atoms with Crippen molar-refractivity contribution in [1.29, 1.82) is 0 Å². The van der Waals surface area contributed by atoms with E-state index in [-0.39, 0.29) is 12.0 Å². The van der Waals surface area contributed by atoms with E-state index in [0.29, 0.717) is 6.54 Å². The van der Waals surface area contributed by atoms with Gasteiger partial charge in [0.25, 0.3) is 0 Å². The summed E-state index contributed by atoms with van der Waals surface area (Å²) in [5.41, 5.74) is 0. The molecule has 1 unspecified atom stereocenters. The smallest absolute Gasteiger partial charge is 0.216 e. The second kappa shape index (κ2) is 5.19. The molecule has 1 aliphatic heterocycles. The third-order valence-electron chi connectivity index (χ3n) is 2.25. The molecule has 1 aliphatic rings. The van der Waals surface area contributed by atoms with Crippen molar-refractivity contribution >= 4 is 5.91 Å². The molecule has 4 nitrogen and oxygen atoms in total. The summed E-state index contributed by atoms with van der Waals surface area (Å²) in [7, 11) is 0. The van der Waals surface area contributed by atoms with Gasteiger partial charge in [0.05, 0.1) is 12.7 Å². The van der Waals surface area contributed by atoms with Gasteiger partial charge in [-0.25, -0.2) is 0 Å². The Morgan fingerprint density at radius 2 is 2.46 bits per heavy atom. The lowest BCUT2D eigenvalue weighted by Gasteiger charge is -2.31. The predicted octanol–water partition coefficient (Wildman–Crippen LogP) is -0.157. The summed E-state index contributed by atoms with van der Waals surface area (Å²) in [6, 6.07) is 0.